The molecule has 1 aromatic rings. The maximum atomic E-state index is 11.7. The zero-order valence-electron chi connectivity index (χ0n) is 14.8. The van der Waals surface area contributed by atoms with Gasteiger partial charge in [-0.1, -0.05) is 19.9 Å². The number of methoxy groups -OCH3 is 1. The average molecular weight is 337 g/mol. The van der Waals surface area contributed by atoms with E-state index in [2.05, 4.69) is 5.32 Å². The van der Waals surface area contributed by atoms with Crippen molar-refractivity contribution in [3.8, 4) is 5.75 Å². The fraction of sp³-hybridized carbons (Fsp3) is 0.556. The van der Waals surface area contributed by atoms with E-state index in [1.54, 1.807) is 13.2 Å². The van der Waals surface area contributed by atoms with Gasteiger partial charge in [0, 0.05) is 26.2 Å². The van der Waals surface area contributed by atoms with E-state index in [9.17, 15) is 9.59 Å². The highest BCUT2D eigenvalue weighted by Crippen LogP contribution is 2.23. The molecule has 0 spiro atoms. The third-order valence-corrected chi connectivity index (χ3v) is 3.74. The molecule has 1 unspecified atom stereocenters. The number of rotatable bonds is 10. The van der Waals surface area contributed by atoms with Crippen molar-refractivity contribution in [2.45, 2.75) is 39.7 Å². The summed E-state index contributed by atoms with van der Waals surface area (Å²) in [5, 5.41) is 11.5. The maximum Gasteiger partial charge on any atom is 0.404 e. The minimum absolute atomic E-state index is 0.0626. The van der Waals surface area contributed by atoms with Crippen LogP contribution in [0.3, 0.4) is 0 Å². The Bertz CT molecular complexity index is 556. The van der Waals surface area contributed by atoms with Crippen LogP contribution >= 0.6 is 0 Å². The van der Waals surface area contributed by atoms with Crippen LogP contribution in [0, 0.1) is 5.92 Å². The van der Waals surface area contributed by atoms with E-state index in [-0.39, 0.29) is 17.7 Å². The van der Waals surface area contributed by atoms with Crippen molar-refractivity contribution in [1.29, 1.82) is 0 Å². The Balaban J connectivity index is 2.91. The van der Waals surface area contributed by atoms with Crippen LogP contribution in [-0.4, -0.2) is 43.3 Å². The lowest BCUT2D eigenvalue weighted by atomic mass is 9.95. The number of carbonyl (C=O) groups excluding carboxylic acids is 1. The fourth-order valence-electron chi connectivity index (χ4n) is 2.36. The molecule has 2 N–H and O–H groups in total. The van der Waals surface area contributed by atoms with E-state index in [0.29, 0.717) is 30.9 Å². The van der Waals surface area contributed by atoms with Gasteiger partial charge in [-0.3, -0.25) is 4.79 Å². The average Bonchev–Trinajstić information content (AvgIpc) is 2.50. The van der Waals surface area contributed by atoms with Crippen molar-refractivity contribution in [3.05, 3.63) is 29.3 Å². The Morgan fingerprint density at radius 1 is 1.25 bits per heavy atom. The highest BCUT2D eigenvalue weighted by atomic mass is 16.5. The Kier molecular flexibility index (Phi) is 8.26. The van der Waals surface area contributed by atoms with Gasteiger partial charge in [0.25, 0.3) is 0 Å². The first-order chi connectivity index (χ1) is 11.3. The quantitative estimate of drug-likeness (QED) is 0.506. The van der Waals surface area contributed by atoms with Gasteiger partial charge in [0.05, 0.1) is 12.2 Å². The number of carboxylic acid groups (broad SMARTS) is 1. The first-order valence-electron chi connectivity index (χ1n) is 8.10. The zero-order valence-corrected chi connectivity index (χ0v) is 14.8. The molecule has 0 aliphatic rings. The summed E-state index contributed by atoms with van der Waals surface area (Å²) >= 11 is 0. The number of benzene rings is 1. The summed E-state index contributed by atoms with van der Waals surface area (Å²) in [5.41, 5.74) is 1.46. The molecule has 6 heteroatoms. The molecular formula is C18H27NO5. The molecule has 24 heavy (non-hydrogen) atoms. The van der Waals surface area contributed by atoms with Gasteiger partial charge in [0.1, 0.15) is 5.75 Å². The molecule has 0 fully saturated rings. The van der Waals surface area contributed by atoms with Crippen LogP contribution in [0.2, 0.25) is 0 Å². The number of carbonyl (C=O) groups is 2. The van der Waals surface area contributed by atoms with Crippen LogP contribution in [-0.2, 0) is 11.2 Å². The van der Waals surface area contributed by atoms with Crippen molar-refractivity contribution >= 4 is 11.9 Å². The van der Waals surface area contributed by atoms with Crippen molar-refractivity contribution in [2.24, 2.45) is 5.92 Å². The molecule has 1 aromatic carbocycles. The van der Waals surface area contributed by atoms with Gasteiger partial charge in [-0.05, 0) is 37.0 Å². The summed E-state index contributed by atoms with van der Waals surface area (Å²) in [6, 6.07) is 5.20. The van der Waals surface area contributed by atoms with Crippen LogP contribution in [0.25, 0.3) is 0 Å². The van der Waals surface area contributed by atoms with Gasteiger partial charge in [-0.15, -0.1) is 0 Å². The molecule has 0 radical (unpaired) electrons. The van der Waals surface area contributed by atoms with Gasteiger partial charge in [-0.2, -0.15) is 0 Å². The number of ether oxygens (including phenoxy) is 2. The molecule has 1 atom stereocenters. The second kappa shape index (κ2) is 9.93. The summed E-state index contributed by atoms with van der Waals surface area (Å²) < 4.78 is 10.7. The number of nitrogens with one attached hydrogen (secondary N) is 1. The van der Waals surface area contributed by atoms with Crippen LogP contribution in [0.5, 0.6) is 5.75 Å². The number of hydrogen-bond acceptors (Lipinski definition) is 4. The minimum atomic E-state index is -1.04. The van der Waals surface area contributed by atoms with Crippen molar-refractivity contribution in [2.75, 3.05) is 20.3 Å². The summed E-state index contributed by atoms with van der Waals surface area (Å²) in [6.07, 6.45) is 0.231. The number of Topliss-reactive ketones (excluding diaryl/α,β-unsaturated/α-hetero) is 1. The van der Waals surface area contributed by atoms with E-state index in [4.69, 9.17) is 14.6 Å². The van der Waals surface area contributed by atoms with E-state index in [1.807, 2.05) is 26.0 Å². The summed E-state index contributed by atoms with van der Waals surface area (Å²) in [4.78, 5) is 22.7. The number of ketones is 1. The third kappa shape index (κ3) is 6.58. The fourth-order valence-corrected chi connectivity index (χ4v) is 2.36. The monoisotopic (exact) mass is 337 g/mol. The molecule has 1 amide bonds. The molecule has 0 saturated carbocycles. The van der Waals surface area contributed by atoms with Crippen LogP contribution in [0.15, 0.2) is 18.2 Å². The SMILES string of the molecule is COCCCOc1cc(CC(NC(=O)O)C(C)C)ccc1C(C)=O. The predicted molar refractivity (Wildman–Crippen MR) is 91.9 cm³/mol. The third-order valence-electron chi connectivity index (χ3n) is 3.74. The van der Waals surface area contributed by atoms with Crippen LogP contribution < -0.4 is 10.1 Å². The lowest BCUT2D eigenvalue weighted by molar-refractivity contribution is 0.101. The molecule has 1 rings (SSSR count). The molecule has 0 aromatic heterocycles. The first kappa shape index (κ1) is 20.0. The predicted octanol–water partition coefficient (Wildman–Crippen LogP) is 3.14. The Morgan fingerprint density at radius 3 is 2.50 bits per heavy atom. The summed E-state index contributed by atoms with van der Waals surface area (Å²) in [5.74, 6) is 0.626. The van der Waals surface area contributed by atoms with E-state index in [1.165, 1.54) is 6.92 Å². The van der Waals surface area contributed by atoms with Gasteiger partial charge in [0.15, 0.2) is 5.78 Å². The van der Waals surface area contributed by atoms with Crippen molar-refractivity contribution in [1.82, 2.24) is 5.32 Å². The first-order valence-corrected chi connectivity index (χ1v) is 8.10. The topological polar surface area (TPSA) is 84.9 Å². The molecule has 134 valence electrons. The normalized spacial score (nSPS) is 12.0. The molecule has 6 nitrogen and oxygen atoms in total. The molecule has 0 heterocycles. The van der Waals surface area contributed by atoms with Gasteiger partial charge in [-0.25, -0.2) is 4.79 Å². The second-order valence-corrected chi connectivity index (χ2v) is 6.09. The number of hydrogen-bond donors (Lipinski definition) is 2. The van der Waals surface area contributed by atoms with E-state index >= 15 is 0 Å². The highest BCUT2D eigenvalue weighted by Gasteiger charge is 2.18. The molecule has 0 saturated heterocycles. The van der Waals surface area contributed by atoms with Crippen LogP contribution in [0.4, 0.5) is 4.79 Å². The Labute approximate surface area is 143 Å². The Hall–Kier alpha value is -2.08. The van der Waals surface area contributed by atoms with E-state index < -0.39 is 6.09 Å². The highest BCUT2D eigenvalue weighted by molar-refractivity contribution is 5.96. The van der Waals surface area contributed by atoms with Gasteiger partial charge in [0.2, 0.25) is 0 Å². The minimum Gasteiger partial charge on any atom is -0.493 e. The molecule has 0 aliphatic carbocycles. The van der Waals surface area contributed by atoms with Gasteiger partial charge < -0.3 is 19.9 Å². The standard InChI is InChI=1S/C18H27NO5/c1-12(2)16(19-18(21)22)10-14-6-7-15(13(3)20)17(11-14)24-9-5-8-23-4/h6-7,11-12,16,19H,5,8-10H2,1-4H3,(H,21,22). The largest absolute Gasteiger partial charge is 0.493 e. The maximum absolute atomic E-state index is 11.7. The van der Waals surface area contributed by atoms with Crippen molar-refractivity contribution in [3.63, 3.8) is 0 Å². The summed E-state index contributed by atoms with van der Waals surface area (Å²) in [6.45, 7) is 6.48. The van der Waals surface area contributed by atoms with Crippen molar-refractivity contribution < 1.29 is 24.2 Å². The second-order valence-electron chi connectivity index (χ2n) is 6.09. The smallest absolute Gasteiger partial charge is 0.404 e. The summed E-state index contributed by atoms with van der Waals surface area (Å²) in [7, 11) is 1.63. The van der Waals surface area contributed by atoms with Gasteiger partial charge >= 0.3 is 6.09 Å². The lowest BCUT2D eigenvalue weighted by Gasteiger charge is -2.21. The Morgan fingerprint density at radius 2 is 1.96 bits per heavy atom. The lowest BCUT2D eigenvalue weighted by Crippen LogP contribution is -2.39. The molecular weight excluding hydrogens is 310 g/mol. The zero-order chi connectivity index (χ0) is 18.1. The molecule has 0 aliphatic heterocycles. The van der Waals surface area contributed by atoms with E-state index in [0.717, 1.165) is 12.0 Å². The van der Waals surface area contributed by atoms with Crippen LogP contribution in [0.1, 0.15) is 43.1 Å². The number of amides is 1. The molecule has 0 bridgehead atoms.